The van der Waals surface area contributed by atoms with Crippen molar-refractivity contribution in [1.29, 1.82) is 0 Å². The number of benzene rings is 2. The molecule has 1 amide bonds. The van der Waals surface area contributed by atoms with Crippen LogP contribution in [-0.2, 0) is 6.54 Å². The number of amides is 1. The van der Waals surface area contributed by atoms with Crippen LogP contribution in [0, 0.1) is 0 Å². The number of aromatic nitrogens is 4. The Morgan fingerprint density at radius 1 is 1.16 bits per heavy atom. The van der Waals surface area contributed by atoms with E-state index in [9.17, 15) is 14.4 Å². The Morgan fingerprint density at radius 2 is 1.91 bits per heavy atom. The number of nitrogens with two attached hydrogens (primary N) is 1. The summed E-state index contributed by atoms with van der Waals surface area (Å²) < 4.78 is 2.71. The molecule has 0 spiro atoms. The van der Waals surface area contributed by atoms with Crippen LogP contribution in [0.4, 0.5) is 11.5 Å². The van der Waals surface area contributed by atoms with Crippen LogP contribution in [0.1, 0.15) is 15.9 Å². The summed E-state index contributed by atoms with van der Waals surface area (Å²) in [5.41, 5.74) is 6.36. The number of nitrogens with zero attached hydrogens (tertiary/aromatic N) is 4. The van der Waals surface area contributed by atoms with E-state index in [2.05, 4.69) is 10.1 Å². The van der Waals surface area contributed by atoms with Gasteiger partial charge >= 0.3 is 5.69 Å². The second kappa shape index (κ2) is 8.56. The van der Waals surface area contributed by atoms with Gasteiger partial charge in [0.25, 0.3) is 11.5 Å². The smallest absolute Gasteiger partial charge is 0.330 e. The first-order chi connectivity index (χ1) is 15.3. The van der Waals surface area contributed by atoms with Crippen LogP contribution in [0.25, 0.3) is 5.69 Å². The van der Waals surface area contributed by atoms with E-state index < -0.39 is 17.2 Å². The maximum Gasteiger partial charge on any atom is 0.330 e. The van der Waals surface area contributed by atoms with Crippen LogP contribution in [0.5, 0.6) is 0 Å². The lowest BCUT2D eigenvalue weighted by Gasteiger charge is -2.20. The number of aromatic amines is 1. The second-order valence-electron chi connectivity index (χ2n) is 7.08. The van der Waals surface area contributed by atoms with E-state index in [-0.39, 0.29) is 23.6 Å². The Morgan fingerprint density at radius 3 is 2.62 bits per heavy atom. The molecule has 162 valence electrons. The van der Waals surface area contributed by atoms with Crippen LogP contribution in [0.3, 0.4) is 0 Å². The zero-order valence-electron chi connectivity index (χ0n) is 17.0. The number of rotatable bonds is 5. The number of hydrogen-bond donors (Lipinski definition) is 2. The molecule has 0 fully saturated rings. The van der Waals surface area contributed by atoms with Gasteiger partial charge in [0.1, 0.15) is 5.82 Å². The van der Waals surface area contributed by atoms with Crippen molar-refractivity contribution in [1.82, 2.24) is 19.3 Å². The normalized spacial score (nSPS) is 10.8. The lowest BCUT2D eigenvalue weighted by atomic mass is 10.2. The van der Waals surface area contributed by atoms with Gasteiger partial charge in [-0.05, 0) is 23.8 Å². The van der Waals surface area contributed by atoms with Crippen molar-refractivity contribution in [2.24, 2.45) is 0 Å². The van der Waals surface area contributed by atoms with Crippen molar-refractivity contribution in [3.05, 3.63) is 104 Å². The first-order valence-electron chi connectivity index (χ1n) is 9.60. The third-order valence-electron chi connectivity index (χ3n) is 4.94. The van der Waals surface area contributed by atoms with Gasteiger partial charge in [0, 0.05) is 18.3 Å². The molecule has 9 nitrogen and oxygen atoms in total. The molecule has 0 atom stereocenters. The summed E-state index contributed by atoms with van der Waals surface area (Å²) in [6.07, 6.45) is 2.90. The predicted molar refractivity (Wildman–Crippen MR) is 123 cm³/mol. The molecule has 2 heterocycles. The van der Waals surface area contributed by atoms with Crippen molar-refractivity contribution >= 4 is 29.0 Å². The van der Waals surface area contributed by atoms with Crippen LogP contribution in [-0.4, -0.2) is 32.3 Å². The van der Waals surface area contributed by atoms with Crippen LogP contribution < -0.4 is 21.9 Å². The molecular weight excluding hydrogens is 432 g/mol. The van der Waals surface area contributed by atoms with Gasteiger partial charge in [0.05, 0.1) is 24.0 Å². The molecule has 3 N–H and O–H groups in total. The van der Waals surface area contributed by atoms with Gasteiger partial charge < -0.3 is 10.6 Å². The summed E-state index contributed by atoms with van der Waals surface area (Å²) in [7, 11) is 1.41. The van der Waals surface area contributed by atoms with Gasteiger partial charge in [-0.15, -0.1) is 0 Å². The molecule has 4 aromatic rings. The van der Waals surface area contributed by atoms with Crippen molar-refractivity contribution < 1.29 is 4.79 Å². The largest absolute Gasteiger partial charge is 0.383 e. The van der Waals surface area contributed by atoms with Gasteiger partial charge in [0.2, 0.25) is 0 Å². The summed E-state index contributed by atoms with van der Waals surface area (Å²) >= 11 is 6.02. The van der Waals surface area contributed by atoms with Crippen LogP contribution in [0.15, 0.2) is 76.6 Å². The molecule has 0 saturated carbocycles. The van der Waals surface area contributed by atoms with E-state index in [0.717, 1.165) is 10.5 Å². The van der Waals surface area contributed by atoms with E-state index >= 15 is 0 Å². The molecule has 0 bridgehead atoms. The molecule has 0 saturated heterocycles. The van der Waals surface area contributed by atoms with Gasteiger partial charge in [-0.1, -0.05) is 48.0 Å². The highest BCUT2D eigenvalue weighted by molar-refractivity contribution is 6.30. The number of H-pyrrole nitrogens is 1. The Hall–Kier alpha value is -4.11. The van der Waals surface area contributed by atoms with E-state index in [0.29, 0.717) is 10.7 Å². The number of carbonyl (C=O) groups excluding carboxylic acids is 1. The second-order valence-corrected chi connectivity index (χ2v) is 7.52. The van der Waals surface area contributed by atoms with Crippen molar-refractivity contribution in [2.75, 3.05) is 17.7 Å². The summed E-state index contributed by atoms with van der Waals surface area (Å²) in [6.45, 7) is 0.143. The average Bonchev–Trinajstić information content (AvgIpc) is 3.27. The third-order valence-corrected chi connectivity index (χ3v) is 5.18. The Labute approximate surface area is 187 Å². The summed E-state index contributed by atoms with van der Waals surface area (Å²) in [5.74, 6) is -0.624. The Kier molecular flexibility index (Phi) is 5.65. The van der Waals surface area contributed by atoms with Gasteiger partial charge in [-0.3, -0.25) is 19.1 Å². The highest BCUT2D eigenvalue weighted by atomic mass is 35.5. The maximum atomic E-state index is 13.1. The quantitative estimate of drug-likeness (QED) is 0.483. The highest BCUT2D eigenvalue weighted by Gasteiger charge is 2.23. The molecule has 0 unspecified atom stereocenters. The predicted octanol–water partition coefficient (Wildman–Crippen LogP) is 2.28. The number of halogens is 1. The van der Waals surface area contributed by atoms with Gasteiger partial charge in [-0.2, -0.15) is 5.10 Å². The SMILES string of the molecule is CN(C(=O)c1cnn(-c2cccc(Cl)c2)c1)c1c(N)n(Cc2ccccc2)c(=O)[nH]c1=O. The minimum Gasteiger partial charge on any atom is -0.383 e. The number of nitrogen functional groups attached to an aromatic ring is 1. The monoisotopic (exact) mass is 450 g/mol. The molecule has 2 aromatic carbocycles. The maximum absolute atomic E-state index is 13.1. The fourth-order valence-corrected chi connectivity index (χ4v) is 3.50. The van der Waals surface area contributed by atoms with Crippen LogP contribution in [0.2, 0.25) is 5.02 Å². The minimum atomic E-state index is -0.755. The molecule has 0 aliphatic carbocycles. The standard InChI is InChI=1S/C22H19ClN6O3/c1-27(21(31)15-11-25-29(13-15)17-9-5-8-16(23)10-17)18-19(24)28(22(32)26-20(18)30)12-14-6-3-2-4-7-14/h2-11,13H,12,24H2,1H3,(H,26,30,32). The number of anilines is 2. The molecule has 0 aliphatic heterocycles. The number of carbonyl (C=O) groups is 1. The number of hydrogen-bond acceptors (Lipinski definition) is 5. The highest BCUT2D eigenvalue weighted by Crippen LogP contribution is 2.20. The molecule has 32 heavy (non-hydrogen) atoms. The summed E-state index contributed by atoms with van der Waals surface area (Å²) in [5, 5.41) is 4.73. The minimum absolute atomic E-state index is 0.110. The average molecular weight is 451 g/mol. The topological polar surface area (TPSA) is 119 Å². The van der Waals surface area contributed by atoms with Gasteiger partial charge in [-0.25, -0.2) is 9.48 Å². The van der Waals surface area contributed by atoms with E-state index in [1.54, 1.807) is 24.3 Å². The van der Waals surface area contributed by atoms with Crippen molar-refractivity contribution in [3.8, 4) is 5.69 Å². The van der Waals surface area contributed by atoms with E-state index in [1.165, 1.54) is 28.7 Å². The van der Waals surface area contributed by atoms with Gasteiger partial charge in [0.15, 0.2) is 5.69 Å². The third kappa shape index (κ3) is 4.06. The first-order valence-corrected chi connectivity index (χ1v) is 9.98. The Balaban J connectivity index is 1.68. The first kappa shape index (κ1) is 21.1. The zero-order chi connectivity index (χ0) is 22.8. The molecule has 4 rings (SSSR count). The molecular formula is C22H19ClN6O3. The molecule has 10 heteroatoms. The van der Waals surface area contributed by atoms with E-state index in [4.69, 9.17) is 17.3 Å². The lowest BCUT2D eigenvalue weighted by molar-refractivity contribution is 0.0992. The van der Waals surface area contributed by atoms with Crippen molar-refractivity contribution in [3.63, 3.8) is 0 Å². The fraction of sp³-hybridized carbons (Fsp3) is 0.0909. The van der Waals surface area contributed by atoms with Crippen molar-refractivity contribution in [2.45, 2.75) is 6.54 Å². The van der Waals surface area contributed by atoms with E-state index in [1.807, 2.05) is 30.3 Å². The zero-order valence-corrected chi connectivity index (χ0v) is 17.8. The fourth-order valence-electron chi connectivity index (χ4n) is 3.31. The molecule has 2 aromatic heterocycles. The molecule has 0 aliphatic rings. The lowest BCUT2D eigenvalue weighted by Crippen LogP contribution is -2.39. The summed E-state index contributed by atoms with van der Waals surface area (Å²) in [6, 6.07) is 16.2. The summed E-state index contributed by atoms with van der Waals surface area (Å²) in [4.78, 5) is 41.3. The molecule has 0 radical (unpaired) electrons. The number of nitrogens with one attached hydrogen (secondary N) is 1. The Bertz CT molecular complexity index is 1410. The van der Waals surface area contributed by atoms with Crippen LogP contribution >= 0.6 is 11.6 Å².